The lowest BCUT2D eigenvalue weighted by Gasteiger charge is -2.30. The molecule has 0 saturated carbocycles. The van der Waals surface area contributed by atoms with Gasteiger partial charge in [-0.05, 0) is 69.1 Å². The van der Waals surface area contributed by atoms with Crippen molar-refractivity contribution >= 4 is 28.4 Å². The van der Waals surface area contributed by atoms with E-state index in [-0.39, 0.29) is 37.0 Å². The first-order chi connectivity index (χ1) is 14.9. The molecule has 0 amide bonds. The molecule has 1 aromatic carbocycles. The molecule has 0 aliphatic heterocycles. The number of hydrogen-bond donors (Lipinski definition) is 2. The Hall–Kier alpha value is -1.35. The molecule has 2 unspecified atom stereocenters. The van der Waals surface area contributed by atoms with E-state index in [0.717, 1.165) is 44.3 Å². The fourth-order valence-electron chi connectivity index (χ4n) is 4.12. The molecule has 2 atom stereocenters. The van der Waals surface area contributed by atoms with Crippen molar-refractivity contribution in [1.82, 2.24) is 10.0 Å². The average molecular weight is 491 g/mol. The Kier molecular flexibility index (Phi) is 13.2. The Morgan fingerprint density at radius 3 is 2.72 bits per heavy atom. The standard InChI is InChI=1S/C23H38N2O5S.ClH/c1-4-19(10-7-15-24-31(27,28)16-8-12-23(26)30-5-2)25-20-14-13-18-9-6-11-22(29-3)21(18)17-20;/h6,9,11,19-20,24-25H,4-5,7-8,10,12-17H2,1-3H3;1H. The van der Waals surface area contributed by atoms with E-state index in [9.17, 15) is 13.2 Å². The van der Waals surface area contributed by atoms with Crippen molar-refractivity contribution in [2.75, 3.05) is 26.0 Å². The van der Waals surface area contributed by atoms with Crippen molar-refractivity contribution in [2.45, 2.75) is 77.3 Å². The second-order valence-electron chi connectivity index (χ2n) is 8.07. The minimum atomic E-state index is -3.36. The Bertz CT molecular complexity index is 789. The van der Waals surface area contributed by atoms with Gasteiger partial charge in [0.15, 0.2) is 0 Å². The van der Waals surface area contributed by atoms with E-state index in [4.69, 9.17) is 9.47 Å². The van der Waals surface area contributed by atoms with Gasteiger partial charge >= 0.3 is 5.97 Å². The number of fused-ring (bicyclic) bond motifs is 1. The number of carbonyl (C=O) groups is 1. The normalized spacial score (nSPS) is 16.5. The van der Waals surface area contributed by atoms with Crippen molar-refractivity contribution in [3.05, 3.63) is 29.3 Å². The average Bonchev–Trinajstić information content (AvgIpc) is 2.75. The maximum Gasteiger partial charge on any atom is 0.305 e. The molecule has 7 nitrogen and oxygen atoms in total. The van der Waals surface area contributed by atoms with Crippen LogP contribution in [0.4, 0.5) is 0 Å². The third-order valence-electron chi connectivity index (χ3n) is 5.78. The van der Waals surface area contributed by atoms with Crippen LogP contribution in [0.5, 0.6) is 5.75 Å². The first-order valence-electron chi connectivity index (χ1n) is 11.4. The highest BCUT2D eigenvalue weighted by molar-refractivity contribution is 7.89. The molecule has 1 aromatic rings. The summed E-state index contributed by atoms with van der Waals surface area (Å²) in [7, 11) is -1.64. The SMILES string of the molecule is CCOC(=O)CCCS(=O)(=O)NCCCC(CC)NC1CCc2cccc(OC)c2C1.Cl. The third kappa shape index (κ3) is 9.65. The predicted molar refractivity (Wildman–Crippen MR) is 130 cm³/mol. The van der Waals surface area contributed by atoms with Crippen molar-refractivity contribution in [3.8, 4) is 5.75 Å². The molecule has 0 heterocycles. The molecule has 0 radical (unpaired) electrons. The van der Waals surface area contributed by atoms with E-state index < -0.39 is 10.0 Å². The molecule has 0 bridgehead atoms. The molecule has 32 heavy (non-hydrogen) atoms. The third-order valence-corrected chi connectivity index (χ3v) is 7.25. The summed E-state index contributed by atoms with van der Waals surface area (Å²) >= 11 is 0. The predicted octanol–water partition coefficient (Wildman–Crippen LogP) is 3.39. The van der Waals surface area contributed by atoms with Crippen LogP contribution in [0.2, 0.25) is 0 Å². The van der Waals surface area contributed by atoms with E-state index in [1.807, 2.05) is 6.07 Å². The van der Waals surface area contributed by atoms with Crippen molar-refractivity contribution in [3.63, 3.8) is 0 Å². The van der Waals surface area contributed by atoms with Gasteiger partial charge in [0.1, 0.15) is 5.75 Å². The monoisotopic (exact) mass is 490 g/mol. The molecule has 2 rings (SSSR count). The van der Waals surface area contributed by atoms with E-state index in [1.54, 1.807) is 14.0 Å². The highest BCUT2D eigenvalue weighted by atomic mass is 35.5. The summed E-state index contributed by atoms with van der Waals surface area (Å²) in [5.74, 6) is 0.567. The Morgan fingerprint density at radius 2 is 2.03 bits per heavy atom. The van der Waals surface area contributed by atoms with Crippen LogP contribution in [-0.4, -0.2) is 52.5 Å². The number of carbonyl (C=O) groups excluding carboxylic acids is 1. The summed E-state index contributed by atoms with van der Waals surface area (Å²) in [6.07, 6.45) is 6.21. The van der Waals surface area contributed by atoms with Gasteiger partial charge < -0.3 is 14.8 Å². The molecule has 0 saturated heterocycles. The Balaban J connectivity index is 0.00000512. The first-order valence-corrected chi connectivity index (χ1v) is 13.1. The number of sulfonamides is 1. The van der Waals surface area contributed by atoms with Crippen molar-refractivity contribution < 1.29 is 22.7 Å². The first kappa shape index (κ1) is 28.7. The lowest BCUT2D eigenvalue weighted by atomic mass is 9.87. The summed E-state index contributed by atoms with van der Waals surface area (Å²) in [5.41, 5.74) is 2.68. The van der Waals surface area contributed by atoms with Gasteiger partial charge in [-0.1, -0.05) is 19.1 Å². The number of methoxy groups -OCH3 is 1. The summed E-state index contributed by atoms with van der Waals surface area (Å²) in [4.78, 5) is 11.3. The number of benzene rings is 1. The van der Waals surface area contributed by atoms with E-state index in [0.29, 0.717) is 25.2 Å². The van der Waals surface area contributed by atoms with Crippen LogP contribution >= 0.6 is 12.4 Å². The summed E-state index contributed by atoms with van der Waals surface area (Å²) in [5, 5.41) is 3.77. The minimum Gasteiger partial charge on any atom is -0.496 e. The molecule has 2 N–H and O–H groups in total. The van der Waals surface area contributed by atoms with Crippen LogP contribution in [-0.2, 0) is 32.4 Å². The van der Waals surface area contributed by atoms with Crippen LogP contribution in [0.1, 0.15) is 63.5 Å². The number of halogens is 1. The lowest BCUT2D eigenvalue weighted by molar-refractivity contribution is -0.143. The molecule has 184 valence electrons. The zero-order valence-corrected chi connectivity index (χ0v) is 21.2. The van der Waals surface area contributed by atoms with Crippen LogP contribution in [0.15, 0.2) is 18.2 Å². The highest BCUT2D eigenvalue weighted by Crippen LogP contribution is 2.29. The molecule has 1 aliphatic rings. The second-order valence-corrected chi connectivity index (χ2v) is 10.00. The molecule has 0 spiro atoms. The maximum absolute atomic E-state index is 12.1. The van der Waals surface area contributed by atoms with Crippen molar-refractivity contribution in [1.29, 1.82) is 0 Å². The van der Waals surface area contributed by atoms with Crippen LogP contribution in [0.3, 0.4) is 0 Å². The fourth-order valence-corrected chi connectivity index (χ4v) is 5.24. The number of rotatable bonds is 14. The maximum atomic E-state index is 12.1. The molecule has 0 aromatic heterocycles. The minimum absolute atomic E-state index is 0. The van der Waals surface area contributed by atoms with Gasteiger partial charge in [0, 0.05) is 25.0 Å². The van der Waals surface area contributed by atoms with Crippen LogP contribution in [0, 0.1) is 0 Å². The van der Waals surface area contributed by atoms with Gasteiger partial charge in [-0.2, -0.15) is 0 Å². The number of nitrogens with one attached hydrogen (secondary N) is 2. The molecular formula is C23H39ClN2O5S. The number of ether oxygens (including phenoxy) is 2. The Labute approximate surface area is 199 Å². The van der Waals surface area contributed by atoms with Crippen molar-refractivity contribution in [2.24, 2.45) is 0 Å². The van der Waals surface area contributed by atoms with E-state index >= 15 is 0 Å². The zero-order chi connectivity index (χ0) is 22.7. The van der Waals surface area contributed by atoms with Gasteiger partial charge in [0.2, 0.25) is 10.0 Å². The second kappa shape index (κ2) is 14.7. The topological polar surface area (TPSA) is 93.7 Å². The van der Waals surface area contributed by atoms with E-state index in [2.05, 4.69) is 29.1 Å². The largest absolute Gasteiger partial charge is 0.496 e. The van der Waals surface area contributed by atoms with Gasteiger partial charge in [0.05, 0.1) is 19.5 Å². The van der Waals surface area contributed by atoms with Gasteiger partial charge in [0.25, 0.3) is 0 Å². The van der Waals surface area contributed by atoms with Gasteiger partial charge in [-0.3, -0.25) is 4.79 Å². The zero-order valence-electron chi connectivity index (χ0n) is 19.5. The molecule has 0 fully saturated rings. The quantitative estimate of drug-likeness (QED) is 0.306. The molecule has 1 aliphatic carbocycles. The number of hydrogen-bond acceptors (Lipinski definition) is 6. The summed E-state index contributed by atoms with van der Waals surface area (Å²) < 4.78 is 37.2. The van der Waals surface area contributed by atoms with Crippen LogP contribution < -0.4 is 14.8 Å². The summed E-state index contributed by atoms with van der Waals surface area (Å²) in [6, 6.07) is 7.03. The number of esters is 1. The Morgan fingerprint density at radius 1 is 1.25 bits per heavy atom. The highest BCUT2D eigenvalue weighted by Gasteiger charge is 2.23. The van der Waals surface area contributed by atoms with Gasteiger partial charge in [-0.25, -0.2) is 13.1 Å². The van der Waals surface area contributed by atoms with Gasteiger partial charge in [-0.15, -0.1) is 12.4 Å². The number of aryl methyl sites for hydroxylation is 1. The summed E-state index contributed by atoms with van der Waals surface area (Å²) in [6.45, 7) is 4.63. The van der Waals surface area contributed by atoms with E-state index in [1.165, 1.54) is 11.1 Å². The molecular weight excluding hydrogens is 452 g/mol. The lowest BCUT2D eigenvalue weighted by Crippen LogP contribution is -2.41. The molecule has 9 heteroatoms. The smallest absolute Gasteiger partial charge is 0.305 e. The fraction of sp³-hybridized carbons (Fsp3) is 0.696. The van der Waals surface area contributed by atoms with Crippen LogP contribution in [0.25, 0.3) is 0 Å².